The first kappa shape index (κ1) is 19.2. The van der Waals surface area contributed by atoms with Crippen molar-refractivity contribution in [2.75, 3.05) is 6.54 Å². The Morgan fingerprint density at radius 2 is 1.76 bits per heavy atom. The van der Waals surface area contributed by atoms with Crippen molar-refractivity contribution < 1.29 is 14.7 Å². The van der Waals surface area contributed by atoms with Crippen LogP contribution in [0.25, 0.3) is 0 Å². The molecule has 0 spiro atoms. The van der Waals surface area contributed by atoms with Gasteiger partial charge in [0.05, 0.1) is 11.6 Å². The second-order valence-corrected chi connectivity index (χ2v) is 8.05. The van der Waals surface area contributed by atoms with E-state index in [0.29, 0.717) is 6.54 Å². The lowest BCUT2D eigenvalue weighted by atomic mass is 9.85. The molecule has 0 aromatic heterocycles. The maximum atomic E-state index is 12.7. The molecule has 0 saturated heterocycles. The number of amides is 1. The van der Waals surface area contributed by atoms with Gasteiger partial charge in [0.15, 0.2) is 11.5 Å². The number of nitrogens with zero attached hydrogens (tertiary/aromatic N) is 1. The van der Waals surface area contributed by atoms with E-state index in [1.165, 1.54) is 5.56 Å². The van der Waals surface area contributed by atoms with Crippen LogP contribution in [-0.2, 0) is 15.0 Å². The first-order valence-corrected chi connectivity index (χ1v) is 8.98. The average molecular weight is 343 g/mol. The molecule has 4 nitrogen and oxygen atoms in total. The highest BCUT2D eigenvalue weighted by molar-refractivity contribution is 6.09. The molecule has 1 heterocycles. The molecule has 0 bridgehead atoms. The standard InChI is InChI=1S/C21H29NO3/c1-7-12-22-17(14-8-10-15(11-9-14)21(4,5)6)16(18(23)13(2)3)19(24)20(22)25/h8-11,13,17,24H,7,12H2,1-6H3. The van der Waals surface area contributed by atoms with Gasteiger partial charge >= 0.3 is 0 Å². The zero-order valence-electron chi connectivity index (χ0n) is 16.1. The molecule has 0 radical (unpaired) electrons. The van der Waals surface area contributed by atoms with Crippen LogP contribution < -0.4 is 0 Å². The molecule has 1 aromatic carbocycles. The molecule has 2 rings (SSSR count). The van der Waals surface area contributed by atoms with Gasteiger partial charge in [0.1, 0.15) is 0 Å². The monoisotopic (exact) mass is 343 g/mol. The summed E-state index contributed by atoms with van der Waals surface area (Å²) in [5.41, 5.74) is 2.31. The number of hydrogen-bond donors (Lipinski definition) is 1. The number of aliphatic hydroxyl groups is 1. The van der Waals surface area contributed by atoms with Crippen LogP contribution in [0.1, 0.15) is 65.1 Å². The maximum Gasteiger partial charge on any atom is 0.290 e. The van der Waals surface area contributed by atoms with Crippen LogP contribution in [-0.4, -0.2) is 28.2 Å². The minimum atomic E-state index is -0.503. The Morgan fingerprint density at radius 3 is 2.20 bits per heavy atom. The lowest BCUT2D eigenvalue weighted by Crippen LogP contribution is -2.32. The summed E-state index contributed by atoms with van der Waals surface area (Å²) in [5.74, 6) is -1.29. The van der Waals surface area contributed by atoms with Crippen molar-refractivity contribution in [2.24, 2.45) is 5.92 Å². The van der Waals surface area contributed by atoms with Crippen LogP contribution >= 0.6 is 0 Å². The molecule has 4 heteroatoms. The summed E-state index contributed by atoms with van der Waals surface area (Å²) in [4.78, 5) is 26.8. The van der Waals surface area contributed by atoms with Crippen molar-refractivity contribution in [2.45, 2.75) is 59.4 Å². The maximum absolute atomic E-state index is 12.7. The number of aliphatic hydroxyl groups excluding tert-OH is 1. The zero-order chi connectivity index (χ0) is 18.9. The van der Waals surface area contributed by atoms with E-state index in [2.05, 4.69) is 20.8 Å². The van der Waals surface area contributed by atoms with E-state index in [-0.39, 0.29) is 22.7 Å². The fourth-order valence-electron chi connectivity index (χ4n) is 3.20. The largest absolute Gasteiger partial charge is 0.503 e. The van der Waals surface area contributed by atoms with Gasteiger partial charge in [-0.1, -0.05) is 65.8 Å². The molecule has 25 heavy (non-hydrogen) atoms. The summed E-state index contributed by atoms with van der Waals surface area (Å²) in [7, 11) is 0. The summed E-state index contributed by atoms with van der Waals surface area (Å²) in [6.07, 6.45) is 0.763. The molecule has 1 N–H and O–H groups in total. The van der Waals surface area contributed by atoms with Crippen LogP contribution in [0.5, 0.6) is 0 Å². The van der Waals surface area contributed by atoms with Crippen LogP contribution in [0.15, 0.2) is 35.6 Å². The minimum absolute atomic E-state index is 0.0295. The van der Waals surface area contributed by atoms with E-state index in [1.807, 2.05) is 31.2 Å². The third-order valence-electron chi connectivity index (χ3n) is 4.65. The number of hydrogen-bond acceptors (Lipinski definition) is 3. The van der Waals surface area contributed by atoms with Gasteiger partial charge in [-0.05, 0) is 23.0 Å². The number of carbonyl (C=O) groups excluding carboxylic acids is 2. The van der Waals surface area contributed by atoms with Crippen molar-refractivity contribution in [3.05, 3.63) is 46.7 Å². The highest BCUT2D eigenvalue weighted by Crippen LogP contribution is 2.39. The molecule has 136 valence electrons. The molecule has 0 fully saturated rings. The summed E-state index contributed by atoms with van der Waals surface area (Å²) >= 11 is 0. The van der Waals surface area contributed by atoms with Gasteiger partial charge in [0.25, 0.3) is 5.91 Å². The molecule has 1 unspecified atom stereocenters. The Morgan fingerprint density at radius 1 is 1.20 bits per heavy atom. The van der Waals surface area contributed by atoms with E-state index < -0.39 is 17.7 Å². The van der Waals surface area contributed by atoms with Gasteiger partial charge in [-0.2, -0.15) is 0 Å². The van der Waals surface area contributed by atoms with Crippen LogP contribution in [0.2, 0.25) is 0 Å². The van der Waals surface area contributed by atoms with Crippen molar-refractivity contribution in [3.8, 4) is 0 Å². The molecule has 1 aliphatic rings. The average Bonchev–Trinajstić information content (AvgIpc) is 2.78. The predicted molar refractivity (Wildman–Crippen MR) is 99.4 cm³/mol. The van der Waals surface area contributed by atoms with Gasteiger partial charge in [-0.3, -0.25) is 9.59 Å². The third kappa shape index (κ3) is 3.63. The van der Waals surface area contributed by atoms with Gasteiger partial charge in [0.2, 0.25) is 0 Å². The summed E-state index contributed by atoms with van der Waals surface area (Å²) in [5, 5.41) is 10.4. The first-order valence-electron chi connectivity index (χ1n) is 8.98. The summed E-state index contributed by atoms with van der Waals surface area (Å²) in [6.45, 7) is 12.5. The van der Waals surface area contributed by atoms with E-state index in [9.17, 15) is 14.7 Å². The molecule has 1 atom stereocenters. The number of ketones is 1. The molecule has 0 aliphatic carbocycles. The molecule has 1 aromatic rings. The van der Waals surface area contributed by atoms with Crippen molar-refractivity contribution in [3.63, 3.8) is 0 Å². The minimum Gasteiger partial charge on any atom is -0.503 e. The zero-order valence-corrected chi connectivity index (χ0v) is 16.1. The van der Waals surface area contributed by atoms with E-state index in [0.717, 1.165) is 12.0 Å². The number of carbonyl (C=O) groups is 2. The van der Waals surface area contributed by atoms with Gasteiger partial charge in [-0.15, -0.1) is 0 Å². The Labute approximate surface area is 150 Å². The molecule has 1 amide bonds. The Balaban J connectivity index is 2.52. The molecule has 1 aliphatic heterocycles. The topological polar surface area (TPSA) is 57.6 Å². The summed E-state index contributed by atoms with van der Waals surface area (Å²) < 4.78 is 0. The quantitative estimate of drug-likeness (QED) is 0.866. The Bertz CT molecular complexity index is 693. The molecular weight excluding hydrogens is 314 g/mol. The van der Waals surface area contributed by atoms with Crippen molar-refractivity contribution >= 4 is 11.7 Å². The van der Waals surface area contributed by atoms with Crippen LogP contribution in [0.4, 0.5) is 0 Å². The highest BCUT2D eigenvalue weighted by Gasteiger charge is 2.43. The van der Waals surface area contributed by atoms with E-state index >= 15 is 0 Å². The Hall–Kier alpha value is -2.10. The molecule has 0 saturated carbocycles. The highest BCUT2D eigenvalue weighted by atomic mass is 16.3. The van der Waals surface area contributed by atoms with Gasteiger partial charge < -0.3 is 10.0 Å². The normalized spacial score (nSPS) is 18.4. The number of benzene rings is 1. The third-order valence-corrected chi connectivity index (χ3v) is 4.65. The second-order valence-electron chi connectivity index (χ2n) is 8.05. The van der Waals surface area contributed by atoms with Gasteiger partial charge in [-0.25, -0.2) is 0 Å². The lowest BCUT2D eigenvalue weighted by Gasteiger charge is -2.28. The fraction of sp³-hybridized carbons (Fsp3) is 0.524. The van der Waals surface area contributed by atoms with E-state index in [4.69, 9.17) is 0 Å². The van der Waals surface area contributed by atoms with Crippen LogP contribution in [0, 0.1) is 5.92 Å². The SMILES string of the molecule is CCCN1C(=O)C(O)=C(C(=O)C(C)C)C1c1ccc(C(C)(C)C)cc1. The second kappa shape index (κ2) is 7.03. The van der Waals surface area contributed by atoms with E-state index in [1.54, 1.807) is 18.7 Å². The lowest BCUT2D eigenvalue weighted by molar-refractivity contribution is -0.129. The number of Topliss-reactive ketones (excluding diaryl/α,β-unsaturated/α-hetero) is 1. The fourth-order valence-corrected chi connectivity index (χ4v) is 3.20. The number of rotatable bonds is 5. The Kier molecular flexibility index (Phi) is 5.40. The van der Waals surface area contributed by atoms with Crippen molar-refractivity contribution in [1.29, 1.82) is 0 Å². The summed E-state index contributed by atoms with van der Waals surface area (Å²) in [6, 6.07) is 7.50. The van der Waals surface area contributed by atoms with Crippen LogP contribution in [0.3, 0.4) is 0 Å². The predicted octanol–water partition coefficient (Wildman–Crippen LogP) is 4.31. The van der Waals surface area contributed by atoms with Gasteiger partial charge in [0, 0.05) is 12.5 Å². The van der Waals surface area contributed by atoms with Crippen molar-refractivity contribution in [1.82, 2.24) is 4.90 Å². The molecular formula is C21H29NO3. The smallest absolute Gasteiger partial charge is 0.290 e. The first-order chi connectivity index (χ1) is 11.6.